The van der Waals surface area contributed by atoms with Crippen molar-refractivity contribution >= 4 is 22.7 Å². The number of carbonyl (C=O) groups is 2. The lowest BCUT2D eigenvalue weighted by molar-refractivity contribution is 0.0468. The van der Waals surface area contributed by atoms with E-state index in [4.69, 9.17) is 18.6 Å². The number of methoxy groups -OCH3 is 1. The smallest absolute Gasteiger partial charge is 0.338 e. The minimum atomic E-state index is -0.627. The molecule has 0 aliphatic heterocycles. The van der Waals surface area contributed by atoms with Gasteiger partial charge in [-0.05, 0) is 37.3 Å². The molecule has 0 radical (unpaired) electrons. The maximum Gasteiger partial charge on any atom is 0.338 e. The fraction of sp³-hybridized carbons (Fsp3) is 0.200. The molecule has 1 heterocycles. The van der Waals surface area contributed by atoms with Gasteiger partial charge in [-0.15, -0.1) is 0 Å². The zero-order valence-electron chi connectivity index (χ0n) is 14.5. The number of fused-ring (bicyclic) bond motifs is 1. The van der Waals surface area contributed by atoms with Crippen LogP contribution in [0.4, 0.5) is 0 Å². The molecule has 0 amide bonds. The second kappa shape index (κ2) is 7.74. The van der Waals surface area contributed by atoms with Crippen molar-refractivity contribution < 1.29 is 28.2 Å². The Kier molecular flexibility index (Phi) is 5.22. The Bertz CT molecular complexity index is 907. The maximum atomic E-state index is 12.2. The van der Waals surface area contributed by atoms with Crippen molar-refractivity contribution in [2.75, 3.05) is 20.3 Å². The monoisotopic (exact) mass is 354 g/mol. The molecule has 0 N–H and O–H groups in total. The fourth-order valence-corrected chi connectivity index (χ4v) is 2.48. The molecule has 134 valence electrons. The van der Waals surface area contributed by atoms with Crippen molar-refractivity contribution in [3.63, 3.8) is 0 Å². The van der Waals surface area contributed by atoms with Gasteiger partial charge >= 0.3 is 5.97 Å². The van der Waals surface area contributed by atoms with E-state index in [-0.39, 0.29) is 11.3 Å². The Morgan fingerprint density at radius 3 is 2.58 bits per heavy atom. The molecule has 0 aliphatic rings. The van der Waals surface area contributed by atoms with E-state index in [1.54, 1.807) is 24.3 Å². The molecule has 0 aliphatic carbocycles. The third-order valence-electron chi connectivity index (χ3n) is 3.73. The molecule has 26 heavy (non-hydrogen) atoms. The van der Waals surface area contributed by atoms with E-state index in [9.17, 15) is 9.59 Å². The van der Waals surface area contributed by atoms with Crippen LogP contribution in [0.3, 0.4) is 0 Å². The van der Waals surface area contributed by atoms with E-state index in [2.05, 4.69) is 0 Å². The second-order valence-corrected chi connectivity index (χ2v) is 5.45. The van der Waals surface area contributed by atoms with Gasteiger partial charge in [0.05, 0.1) is 19.3 Å². The molecular formula is C20H18O6. The molecule has 3 rings (SSSR count). The molecule has 0 bridgehead atoms. The molecule has 3 aromatic rings. The molecule has 0 saturated carbocycles. The Balaban J connectivity index is 1.68. The summed E-state index contributed by atoms with van der Waals surface area (Å²) in [6.07, 6.45) is 0. The number of hydrogen-bond donors (Lipinski definition) is 0. The van der Waals surface area contributed by atoms with Crippen molar-refractivity contribution in [3.8, 4) is 11.5 Å². The highest BCUT2D eigenvalue weighted by molar-refractivity contribution is 6.00. The van der Waals surface area contributed by atoms with Crippen molar-refractivity contribution in [2.45, 2.75) is 6.92 Å². The van der Waals surface area contributed by atoms with Gasteiger partial charge in [0.25, 0.3) is 0 Å². The molecular weight excluding hydrogens is 336 g/mol. The van der Waals surface area contributed by atoms with Crippen LogP contribution in [0.1, 0.15) is 27.8 Å². The lowest BCUT2D eigenvalue weighted by Crippen LogP contribution is -2.14. The summed E-state index contributed by atoms with van der Waals surface area (Å²) in [6.45, 7) is 1.85. The van der Waals surface area contributed by atoms with Gasteiger partial charge in [-0.1, -0.05) is 18.2 Å². The number of furan rings is 1. The number of Topliss-reactive ketones (excluding diaryl/α,β-unsaturated/α-hetero) is 1. The molecule has 0 saturated heterocycles. The zero-order chi connectivity index (χ0) is 18.5. The van der Waals surface area contributed by atoms with Crippen LogP contribution < -0.4 is 9.47 Å². The first-order chi connectivity index (χ1) is 12.6. The quantitative estimate of drug-likeness (QED) is 0.473. The fourth-order valence-electron chi connectivity index (χ4n) is 2.48. The molecule has 0 fully saturated rings. The van der Waals surface area contributed by atoms with Crippen LogP contribution in [0.2, 0.25) is 0 Å². The van der Waals surface area contributed by atoms with Crippen molar-refractivity contribution in [2.24, 2.45) is 0 Å². The van der Waals surface area contributed by atoms with E-state index < -0.39 is 18.4 Å². The van der Waals surface area contributed by atoms with Crippen LogP contribution in [0.5, 0.6) is 11.5 Å². The summed E-state index contributed by atoms with van der Waals surface area (Å²) in [4.78, 5) is 24.4. The Morgan fingerprint density at radius 1 is 1.04 bits per heavy atom. The van der Waals surface area contributed by atoms with E-state index in [0.717, 1.165) is 5.39 Å². The number of para-hydroxylation sites is 1. The highest BCUT2D eigenvalue weighted by atomic mass is 16.5. The molecule has 0 spiro atoms. The minimum absolute atomic E-state index is 0.156. The predicted octanol–water partition coefficient (Wildman–Crippen LogP) is 3.88. The molecule has 6 heteroatoms. The molecule has 2 aromatic carbocycles. The maximum absolute atomic E-state index is 12.2. The van der Waals surface area contributed by atoms with Crippen LogP contribution in [0.25, 0.3) is 11.0 Å². The summed E-state index contributed by atoms with van der Waals surface area (Å²) in [6, 6.07) is 13.6. The van der Waals surface area contributed by atoms with Crippen molar-refractivity contribution in [1.29, 1.82) is 0 Å². The van der Waals surface area contributed by atoms with Crippen LogP contribution in [0, 0.1) is 0 Å². The number of ether oxygens (including phenoxy) is 3. The number of benzene rings is 2. The summed E-state index contributed by atoms with van der Waals surface area (Å²) < 4.78 is 21.2. The number of rotatable bonds is 7. The van der Waals surface area contributed by atoms with E-state index in [1.807, 2.05) is 25.1 Å². The first-order valence-corrected chi connectivity index (χ1v) is 8.12. The van der Waals surface area contributed by atoms with E-state index >= 15 is 0 Å². The summed E-state index contributed by atoms with van der Waals surface area (Å²) in [5, 5.41) is 0.818. The SMILES string of the molecule is CCOc1cc(C(=O)OCC(=O)c2cc3ccccc3o2)ccc1OC. The summed E-state index contributed by atoms with van der Waals surface area (Å²) in [7, 11) is 1.52. The number of carbonyl (C=O) groups excluding carboxylic acids is 2. The first kappa shape index (κ1) is 17.5. The highest BCUT2D eigenvalue weighted by Gasteiger charge is 2.17. The van der Waals surface area contributed by atoms with Crippen LogP contribution >= 0.6 is 0 Å². The molecule has 0 atom stereocenters. The van der Waals surface area contributed by atoms with Gasteiger partial charge in [0.2, 0.25) is 5.78 Å². The lowest BCUT2D eigenvalue weighted by atomic mass is 10.2. The Labute approximate surface area is 150 Å². The first-order valence-electron chi connectivity index (χ1n) is 8.12. The zero-order valence-corrected chi connectivity index (χ0v) is 14.5. The summed E-state index contributed by atoms with van der Waals surface area (Å²) >= 11 is 0. The largest absolute Gasteiger partial charge is 0.493 e. The Morgan fingerprint density at radius 2 is 1.85 bits per heavy atom. The van der Waals surface area contributed by atoms with Gasteiger partial charge in [0, 0.05) is 5.39 Å². The minimum Gasteiger partial charge on any atom is -0.493 e. The normalized spacial score (nSPS) is 10.5. The summed E-state index contributed by atoms with van der Waals surface area (Å²) in [5.74, 6) is 0.0738. The molecule has 1 aromatic heterocycles. The third kappa shape index (κ3) is 3.69. The van der Waals surface area contributed by atoms with Crippen LogP contribution in [-0.4, -0.2) is 32.1 Å². The third-order valence-corrected chi connectivity index (χ3v) is 3.73. The molecule has 6 nitrogen and oxygen atoms in total. The summed E-state index contributed by atoms with van der Waals surface area (Å²) in [5.41, 5.74) is 0.880. The van der Waals surface area contributed by atoms with Gasteiger partial charge < -0.3 is 18.6 Å². The van der Waals surface area contributed by atoms with Gasteiger partial charge in [0.15, 0.2) is 23.9 Å². The van der Waals surface area contributed by atoms with Crippen LogP contribution in [0.15, 0.2) is 52.9 Å². The molecule has 0 unspecified atom stereocenters. The van der Waals surface area contributed by atoms with Gasteiger partial charge in [-0.3, -0.25) is 4.79 Å². The predicted molar refractivity (Wildman–Crippen MR) is 95.0 cm³/mol. The number of hydrogen-bond acceptors (Lipinski definition) is 6. The highest BCUT2D eigenvalue weighted by Crippen LogP contribution is 2.28. The van der Waals surface area contributed by atoms with E-state index in [0.29, 0.717) is 23.7 Å². The van der Waals surface area contributed by atoms with E-state index in [1.165, 1.54) is 13.2 Å². The van der Waals surface area contributed by atoms with Crippen LogP contribution in [-0.2, 0) is 4.74 Å². The lowest BCUT2D eigenvalue weighted by Gasteiger charge is -2.10. The standard InChI is InChI=1S/C20H18O6/c1-3-24-19-11-14(8-9-17(19)23-2)20(22)25-12-15(21)18-10-13-6-4-5-7-16(13)26-18/h4-11H,3,12H2,1-2H3. The topological polar surface area (TPSA) is 75.0 Å². The van der Waals surface area contributed by atoms with Gasteiger partial charge in [-0.2, -0.15) is 0 Å². The Hall–Kier alpha value is -3.28. The number of ketones is 1. The average Bonchev–Trinajstić information content (AvgIpc) is 3.10. The van der Waals surface area contributed by atoms with Crippen molar-refractivity contribution in [1.82, 2.24) is 0 Å². The van der Waals surface area contributed by atoms with Gasteiger partial charge in [0.1, 0.15) is 5.58 Å². The number of esters is 1. The average molecular weight is 354 g/mol. The van der Waals surface area contributed by atoms with Gasteiger partial charge in [-0.25, -0.2) is 4.79 Å². The van der Waals surface area contributed by atoms with Crippen molar-refractivity contribution in [3.05, 3.63) is 59.9 Å². The second-order valence-electron chi connectivity index (χ2n) is 5.45.